The van der Waals surface area contributed by atoms with Crippen LogP contribution in [0.4, 0.5) is 13.2 Å². The maximum absolute atomic E-state index is 11.9. The number of ether oxygens (including phenoxy) is 1. The third-order valence-corrected chi connectivity index (χ3v) is 3.17. The highest BCUT2D eigenvalue weighted by molar-refractivity contribution is 4.87. The van der Waals surface area contributed by atoms with Crippen molar-refractivity contribution in [1.29, 1.82) is 0 Å². The van der Waals surface area contributed by atoms with Crippen LogP contribution in [0, 0.1) is 5.92 Å². The fourth-order valence-electron chi connectivity index (χ4n) is 2.13. The summed E-state index contributed by atoms with van der Waals surface area (Å²) in [5.41, 5.74) is 0. The van der Waals surface area contributed by atoms with Crippen LogP contribution in [0.5, 0.6) is 0 Å². The minimum absolute atomic E-state index is 0.0645. The smallest absolute Gasteiger partial charge is 0.372 e. The fraction of sp³-hybridized carbons (Fsp3) is 0.833. The van der Waals surface area contributed by atoms with Crippen molar-refractivity contribution in [3.05, 3.63) is 11.7 Å². The van der Waals surface area contributed by atoms with E-state index in [2.05, 4.69) is 20.2 Å². The summed E-state index contributed by atoms with van der Waals surface area (Å²) < 4.78 is 45.1. The number of aromatic nitrogens is 2. The van der Waals surface area contributed by atoms with Crippen LogP contribution in [0.1, 0.15) is 24.6 Å². The molecule has 20 heavy (non-hydrogen) atoms. The third kappa shape index (κ3) is 5.46. The van der Waals surface area contributed by atoms with Crippen molar-refractivity contribution in [2.24, 2.45) is 5.92 Å². The summed E-state index contributed by atoms with van der Waals surface area (Å²) in [7, 11) is 0. The van der Waals surface area contributed by atoms with Crippen LogP contribution in [0.2, 0.25) is 0 Å². The molecule has 8 heteroatoms. The number of hydrogen-bond donors (Lipinski definition) is 1. The second kappa shape index (κ2) is 7.03. The van der Waals surface area contributed by atoms with Gasteiger partial charge in [-0.1, -0.05) is 5.16 Å². The number of nitrogens with zero attached hydrogens (tertiary/aromatic N) is 2. The van der Waals surface area contributed by atoms with Crippen LogP contribution in [0.25, 0.3) is 0 Å². The molecule has 1 fully saturated rings. The topological polar surface area (TPSA) is 60.2 Å². The number of nitrogens with one attached hydrogen (secondary N) is 1. The lowest BCUT2D eigenvalue weighted by Gasteiger charge is -2.05. The molecule has 0 aromatic carbocycles. The molecular formula is C12H18F3N3O2. The van der Waals surface area contributed by atoms with Crippen molar-refractivity contribution >= 4 is 0 Å². The standard InChI is InChI=1S/C12H18F3N3O2/c13-12(14,15)8-19-6-4-10-17-11(20-18-10)2-1-9-3-5-16-7-9/h9,16H,1-8H2. The summed E-state index contributed by atoms with van der Waals surface area (Å²) in [4.78, 5) is 4.15. The molecule has 2 rings (SSSR count). The Bertz CT molecular complexity index is 403. The first-order valence-electron chi connectivity index (χ1n) is 6.69. The molecule has 2 heterocycles. The highest BCUT2D eigenvalue weighted by Crippen LogP contribution is 2.16. The van der Waals surface area contributed by atoms with Gasteiger partial charge in [0, 0.05) is 12.8 Å². The fourth-order valence-corrected chi connectivity index (χ4v) is 2.13. The Balaban J connectivity index is 1.64. The van der Waals surface area contributed by atoms with E-state index >= 15 is 0 Å². The SMILES string of the molecule is FC(F)(F)COCCc1noc(CCC2CCNC2)n1. The first-order chi connectivity index (χ1) is 9.53. The van der Waals surface area contributed by atoms with E-state index in [0.29, 0.717) is 24.1 Å². The molecule has 1 saturated heterocycles. The van der Waals surface area contributed by atoms with E-state index in [9.17, 15) is 13.2 Å². The van der Waals surface area contributed by atoms with Crippen LogP contribution in [-0.2, 0) is 17.6 Å². The molecule has 0 amide bonds. The van der Waals surface area contributed by atoms with Crippen LogP contribution in [0.15, 0.2) is 4.52 Å². The lowest BCUT2D eigenvalue weighted by atomic mass is 10.0. The Hall–Kier alpha value is -1.15. The molecule has 1 aromatic rings. The summed E-state index contributed by atoms with van der Waals surface area (Å²) >= 11 is 0. The lowest BCUT2D eigenvalue weighted by molar-refractivity contribution is -0.173. The van der Waals surface area contributed by atoms with E-state index in [4.69, 9.17) is 4.52 Å². The number of rotatable bonds is 7. The van der Waals surface area contributed by atoms with Crippen LogP contribution >= 0.6 is 0 Å². The Morgan fingerprint density at radius 1 is 1.35 bits per heavy atom. The molecule has 1 aliphatic heterocycles. The van der Waals surface area contributed by atoms with E-state index in [1.807, 2.05) is 0 Å². The van der Waals surface area contributed by atoms with Gasteiger partial charge < -0.3 is 14.6 Å². The Morgan fingerprint density at radius 2 is 2.20 bits per heavy atom. The van der Waals surface area contributed by atoms with Gasteiger partial charge >= 0.3 is 6.18 Å². The predicted octanol–water partition coefficient (Wildman–Crippen LogP) is 1.73. The Morgan fingerprint density at radius 3 is 2.90 bits per heavy atom. The minimum atomic E-state index is -4.29. The van der Waals surface area contributed by atoms with Crippen LogP contribution < -0.4 is 5.32 Å². The molecule has 114 valence electrons. The molecule has 1 unspecified atom stereocenters. The molecule has 0 bridgehead atoms. The second-order valence-electron chi connectivity index (χ2n) is 4.92. The normalized spacial score (nSPS) is 19.6. The van der Waals surface area contributed by atoms with Crippen molar-refractivity contribution < 1.29 is 22.4 Å². The second-order valence-corrected chi connectivity index (χ2v) is 4.92. The van der Waals surface area contributed by atoms with Crippen molar-refractivity contribution in [3.63, 3.8) is 0 Å². The van der Waals surface area contributed by atoms with Gasteiger partial charge in [-0.3, -0.25) is 0 Å². The average molecular weight is 293 g/mol. The zero-order chi connectivity index (χ0) is 14.4. The maximum Gasteiger partial charge on any atom is 0.411 e. The summed E-state index contributed by atoms with van der Waals surface area (Å²) in [6.45, 7) is 0.764. The third-order valence-electron chi connectivity index (χ3n) is 3.17. The number of halogens is 3. The lowest BCUT2D eigenvalue weighted by Crippen LogP contribution is -2.18. The molecule has 1 atom stereocenters. The number of alkyl halides is 3. The van der Waals surface area contributed by atoms with Crippen LogP contribution in [-0.4, -0.2) is 42.6 Å². The van der Waals surface area contributed by atoms with Crippen LogP contribution in [0.3, 0.4) is 0 Å². The summed E-state index contributed by atoms with van der Waals surface area (Å²) in [6.07, 6.45) is -1.21. The van der Waals surface area contributed by atoms with Crippen molar-refractivity contribution in [2.75, 3.05) is 26.3 Å². The number of aryl methyl sites for hydroxylation is 1. The minimum Gasteiger partial charge on any atom is -0.372 e. The van der Waals surface area contributed by atoms with E-state index in [1.54, 1.807) is 0 Å². The van der Waals surface area contributed by atoms with Gasteiger partial charge in [-0.25, -0.2) is 0 Å². The molecule has 0 saturated carbocycles. The Labute approximate surface area is 114 Å². The highest BCUT2D eigenvalue weighted by atomic mass is 19.4. The van der Waals surface area contributed by atoms with Crippen molar-refractivity contribution in [2.45, 2.75) is 31.9 Å². The summed E-state index contributed by atoms with van der Waals surface area (Å²) in [6, 6.07) is 0. The Kier molecular flexibility index (Phi) is 5.36. The first-order valence-corrected chi connectivity index (χ1v) is 6.69. The predicted molar refractivity (Wildman–Crippen MR) is 64.2 cm³/mol. The van der Waals surface area contributed by atoms with E-state index in [0.717, 1.165) is 25.9 Å². The summed E-state index contributed by atoms with van der Waals surface area (Å²) in [5.74, 6) is 1.58. The van der Waals surface area contributed by atoms with Crippen molar-refractivity contribution in [3.8, 4) is 0 Å². The molecule has 0 aliphatic carbocycles. The zero-order valence-electron chi connectivity index (χ0n) is 11.1. The van der Waals surface area contributed by atoms with Gasteiger partial charge in [0.1, 0.15) is 6.61 Å². The maximum atomic E-state index is 11.9. The monoisotopic (exact) mass is 293 g/mol. The zero-order valence-corrected chi connectivity index (χ0v) is 11.1. The van der Waals surface area contributed by atoms with Gasteiger partial charge in [-0.05, 0) is 31.8 Å². The highest BCUT2D eigenvalue weighted by Gasteiger charge is 2.27. The van der Waals surface area contributed by atoms with E-state index in [1.165, 1.54) is 0 Å². The van der Waals surface area contributed by atoms with Gasteiger partial charge in [0.05, 0.1) is 6.61 Å². The molecule has 5 nitrogen and oxygen atoms in total. The average Bonchev–Trinajstić information content (AvgIpc) is 3.02. The number of hydrogen-bond acceptors (Lipinski definition) is 5. The first kappa shape index (κ1) is 15.2. The molecule has 0 spiro atoms. The molecule has 1 aliphatic rings. The van der Waals surface area contributed by atoms with Gasteiger partial charge in [0.15, 0.2) is 5.82 Å². The van der Waals surface area contributed by atoms with E-state index < -0.39 is 12.8 Å². The summed E-state index contributed by atoms with van der Waals surface area (Å²) in [5, 5.41) is 7.02. The molecule has 1 N–H and O–H groups in total. The molecule has 0 radical (unpaired) electrons. The van der Waals surface area contributed by atoms with Crippen molar-refractivity contribution in [1.82, 2.24) is 15.5 Å². The van der Waals surface area contributed by atoms with Gasteiger partial charge in [-0.15, -0.1) is 0 Å². The van der Waals surface area contributed by atoms with Gasteiger partial charge in [0.25, 0.3) is 0 Å². The quantitative estimate of drug-likeness (QED) is 0.776. The van der Waals surface area contributed by atoms with Gasteiger partial charge in [-0.2, -0.15) is 18.2 Å². The van der Waals surface area contributed by atoms with E-state index in [-0.39, 0.29) is 13.0 Å². The largest absolute Gasteiger partial charge is 0.411 e. The molecular weight excluding hydrogens is 275 g/mol. The molecule has 1 aromatic heterocycles. The van der Waals surface area contributed by atoms with Gasteiger partial charge in [0.2, 0.25) is 5.89 Å².